The van der Waals surface area contributed by atoms with Gasteiger partial charge in [0.2, 0.25) is 5.91 Å². The summed E-state index contributed by atoms with van der Waals surface area (Å²) in [5, 5.41) is 20.8. The molecule has 44 heavy (non-hydrogen) atoms. The standard InChI is InChI=1S/C33H37N7O3S/c1-2-40-32(43)29(44-33(40)28(20-34)31(42)36-13-11-23-6-5-12-35-21-23)22-38-27-10-9-24-18-26(8-7-25(24)19-27)30(41)37-14-17-39-15-3-4-16-39/h5-10,12,18-19,21,29,38H,2-4,11,13-17,22H2,1H3,(H,36,42)(H,37,41)/b33-28-. The Morgan fingerprint density at radius 2 is 1.86 bits per heavy atom. The number of carbonyl (C=O) groups is 3. The van der Waals surface area contributed by atoms with E-state index in [2.05, 4.69) is 25.8 Å². The Kier molecular flexibility index (Phi) is 10.5. The van der Waals surface area contributed by atoms with Crippen LogP contribution in [0.25, 0.3) is 10.8 Å². The number of thioether (sulfide) groups is 1. The van der Waals surface area contributed by atoms with Crippen molar-refractivity contribution in [2.45, 2.75) is 31.4 Å². The van der Waals surface area contributed by atoms with Gasteiger partial charge in [-0.3, -0.25) is 19.4 Å². The molecule has 0 saturated carbocycles. The molecule has 0 bridgehead atoms. The molecule has 0 aliphatic carbocycles. The average molecular weight is 612 g/mol. The van der Waals surface area contributed by atoms with Crippen LogP contribution in [0.5, 0.6) is 0 Å². The number of nitrogens with one attached hydrogen (secondary N) is 3. The molecule has 3 N–H and O–H groups in total. The number of hydrogen-bond donors (Lipinski definition) is 3. The lowest BCUT2D eigenvalue weighted by atomic mass is 10.1. The fourth-order valence-corrected chi connectivity index (χ4v) is 6.71. The zero-order valence-electron chi connectivity index (χ0n) is 24.8. The molecule has 2 aromatic carbocycles. The Morgan fingerprint density at radius 1 is 1.07 bits per heavy atom. The van der Waals surface area contributed by atoms with Gasteiger partial charge in [0.15, 0.2) is 0 Å². The van der Waals surface area contributed by atoms with Crippen molar-refractivity contribution in [2.24, 2.45) is 0 Å². The fourth-order valence-electron chi connectivity index (χ4n) is 5.44. The first-order valence-electron chi connectivity index (χ1n) is 15.0. The molecular formula is C33H37N7O3S. The predicted octanol–water partition coefficient (Wildman–Crippen LogP) is 3.53. The second-order valence-corrected chi connectivity index (χ2v) is 12.0. The molecule has 2 saturated heterocycles. The summed E-state index contributed by atoms with van der Waals surface area (Å²) in [6, 6.07) is 17.3. The highest BCUT2D eigenvalue weighted by atomic mass is 32.2. The number of amides is 3. The van der Waals surface area contributed by atoms with Crippen molar-refractivity contribution in [2.75, 3.05) is 51.1 Å². The summed E-state index contributed by atoms with van der Waals surface area (Å²) in [4.78, 5) is 46.7. The van der Waals surface area contributed by atoms with Crippen LogP contribution >= 0.6 is 11.8 Å². The topological polar surface area (TPSA) is 130 Å². The fraction of sp³-hybridized carbons (Fsp3) is 0.364. The van der Waals surface area contributed by atoms with E-state index in [0.717, 1.165) is 41.7 Å². The smallest absolute Gasteiger partial charge is 0.264 e. The highest BCUT2D eigenvalue weighted by Gasteiger charge is 2.38. The molecule has 0 radical (unpaired) electrons. The molecular weight excluding hydrogens is 574 g/mol. The quantitative estimate of drug-likeness (QED) is 0.210. The van der Waals surface area contributed by atoms with Gasteiger partial charge in [-0.05, 0) is 85.9 Å². The van der Waals surface area contributed by atoms with Crippen LogP contribution in [0.4, 0.5) is 5.69 Å². The minimum absolute atomic E-state index is 0.0551. The Bertz CT molecular complexity index is 1580. The second-order valence-electron chi connectivity index (χ2n) is 10.8. The van der Waals surface area contributed by atoms with E-state index in [9.17, 15) is 19.6 Å². The maximum atomic E-state index is 13.2. The minimum atomic E-state index is -0.493. The SMILES string of the molecule is CCN1C(=O)C(CNc2ccc3cc(C(=O)NCCN4CCCC4)ccc3c2)S/C1=C(/C#N)C(=O)NCCc1cccnc1. The van der Waals surface area contributed by atoms with E-state index < -0.39 is 11.2 Å². The molecule has 1 aromatic heterocycles. The first kappa shape index (κ1) is 31.0. The minimum Gasteiger partial charge on any atom is -0.383 e. The van der Waals surface area contributed by atoms with E-state index in [-0.39, 0.29) is 17.4 Å². The Morgan fingerprint density at radius 3 is 2.61 bits per heavy atom. The lowest BCUT2D eigenvalue weighted by Gasteiger charge is -2.16. The predicted molar refractivity (Wildman–Crippen MR) is 173 cm³/mol. The number of likely N-dealkylation sites (tertiary alicyclic amines) is 1. The zero-order valence-corrected chi connectivity index (χ0v) is 25.7. The lowest BCUT2D eigenvalue weighted by molar-refractivity contribution is -0.127. The van der Waals surface area contributed by atoms with Crippen LogP contribution in [0.15, 0.2) is 71.5 Å². The first-order chi connectivity index (χ1) is 21.5. The first-order valence-corrected chi connectivity index (χ1v) is 15.9. The molecule has 2 aliphatic heterocycles. The van der Waals surface area contributed by atoms with E-state index in [1.54, 1.807) is 12.4 Å². The maximum Gasteiger partial charge on any atom is 0.264 e. The van der Waals surface area contributed by atoms with Gasteiger partial charge in [-0.2, -0.15) is 5.26 Å². The van der Waals surface area contributed by atoms with Gasteiger partial charge in [-0.25, -0.2) is 0 Å². The molecule has 0 spiro atoms. The van der Waals surface area contributed by atoms with Gasteiger partial charge in [0.1, 0.15) is 21.9 Å². The molecule has 1 unspecified atom stereocenters. The molecule has 5 rings (SSSR count). The third kappa shape index (κ3) is 7.56. The molecule has 3 aromatic rings. The van der Waals surface area contributed by atoms with E-state index in [1.807, 2.05) is 61.5 Å². The van der Waals surface area contributed by atoms with Crippen molar-refractivity contribution in [1.82, 2.24) is 25.4 Å². The van der Waals surface area contributed by atoms with E-state index >= 15 is 0 Å². The van der Waals surface area contributed by atoms with Crippen LogP contribution in [-0.2, 0) is 16.0 Å². The van der Waals surface area contributed by atoms with Crippen LogP contribution in [0, 0.1) is 11.3 Å². The summed E-state index contributed by atoms with van der Waals surface area (Å²) in [7, 11) is 0. The van der Waals surface area contributed by atoms with E-state index in [1.165, 1.54) is 29.5 Å². The number of anilines is 1. The maximum absolute atomic E-state index is 13.2. The van der Waals surface area contributed by atoms with Crippen molar-refractivity contribution < 1.29 is 14.4 Å². The van der Waals surface area contributed by atoms with Crippen LogP contribution in [0.1, 0.15) is 35.7 Å². The summed E-state index contributed by atoms with van der Waals surface area (Å²) < 4.78 is 0. The Labute approximate surface area is 261 Å². The molecule has 10 nitrogen and oxygen atoms in total. The van der Waals surface area contributed by atoms with Gasteiger partial charge in [0, 0.05) is 56.4 Å². The number of carbonyl (C=O) groups excluding carboxylic acids is 3. The van der Waals surface area contributed by atoms with Crippen molar-refractivity contribution in [3.8, 4) is 6.07 Å². The monoisotopic (exact) mass is 611 g/mol. The molecule has 11 heteroatoms. The summed E-state index contributed by atoms with van der Waals surface area (Å²) in [5.41, 5.74) is 2.39. The van der Waals surface area contributed by atoms with Gasteiger partial charge in [0.25, 0.3) is 11.8 Å². The third-order valence-corrected chi connectivity index (χ3v) is 9.14. The lowest BCUT2D eigenvalue weighted by Crippen LogP contribution is -2.33. The third-order valence-electron chi connectivity index (χ3n) is 7.84. The molecule has 228 valence electrons. The van der Waals surface area contributed by atoms with Gasteiger partial charge in [0.05, 0.1) is 0 Å². The van der Waals surface area contributed by atoms with Gasteiger partial charge < -0.3 is 25.8 Å². The number of aromatic nitrogens is 1. The van der Waals surface area contributed by atoms with Crippen LogP contribution in [0.2, 0.25) is 0 Å². The second kappa shape index (κ2) is 14.9. The number of fused-ring (bicyclic) bond motifs is 1. The van der Waals surface area contributed by atoms with Gasteiger partial charge in [-0.1, -0.05) is 30.0 Å². The largest absolute Gasteiger partial charge is 0.383 e. The molecule has 3 amide bonds. The normalized spacial score (nSPS) is 17.9. The van der Waals surface area contributed by atoms with Crippen LogP contribution in [-0.4, -0.2) is 83.6 Å². The van der Waals surface area contributed by atoms with Gasteiger partial charge >= 0.3 is 0 Å². The summed E-state index contributed by atoms with van der Waals surface area (Å²) in [5.74, 6) is -0.710. The summed E-state index contributed by atoms with van der Waals surface area (Å²) in [6.45, 7) is 6.59. The summed E-state index contributed by atoms with van der Waals surface area (Å²) in [6.07, 6.45) is 6.48. The molecule has 3 heterocycles. The highest BCUT2D eigenvalue weighted by Crippen LogP contribution is 2.37. The Balaban J connectivity index is 1.18. The van der Waals surface area contributed by atoms with E-state index in [4.69, 9.17) is 0 Å². The zero-order chi connectivity index (χ0) is 30.9. The molecule has 2 fully saturated rings. The summed E-state index contributed by atoms with van der Waals surface area (Å²) >= 11 is 1.24. The van der Waals surface area contributed by atoms with Crippen molar-refractivity contribution >= 4 is 45.9 Å². The van der Waals surface area contributed by atoms with Gasteiger partial charge in [-0.15, -0.1) is 0 Å². The number of nitriles is 1. The number of hydrogen-bond acceptors (Lipinski definition) is 8. The van der Waals surface area contributed by atoms with Crippen molar-refractivity contribution in [3.05, 3.63) is 82.7 Å². The van der Waals surface area contributed by atoms with Crippen molar-refractivity contribution in [3.63, 3.8) is 0 Å². The Hall–Kier alpha value is -4.40. The number of rotatable bonds is 12. The molecule has 2 aliphatic rings. The number of benzene rings is 2. The highest BCUT2D eigenvalue weighted by molar-refractivity contribution is 8.04. The van der Waals surface area contributed by atoms with Crippen molar-refractivity contribution in [1.29, 1.82) is 5.26 Å². The number of nitrogens with zero attached hydrogens (tertiary/aromatic N) is 4. The van der Waals surface area contributed by atoms with E-state index in [0.29, 0.717) is 43.2 Å². The van der Waals surface area contributed by atoms with Crippen LogP contribution in [0.3, 0.4) is 0 Å². The number of pyridine rings is 1. The average Bonchev–Trinajstić information content (AvgIpc) is 3.68. The van der Waals surface area contributed by atoms with Crippen LogP contribution < -0.4 is 16.0 Å². The molecule has 1 atom stereocenters.